The number of carbonyl (C=O) groups excluding carboxylic acids is 1. The summed E-state index contributed by atoms with van der Waals surface area (Å²) >= 11 is 0. The van der Waals surface area contributed by atoms with Gasteiger partial charge in [-0.1, -0.05) is 103 Å². The van der Waals surface area contributed by atoms with Crippen molar-refractivity contribution in [3.63, 3.8) is 0 Å². The number of aliphatic hydroxyl groups excluding tert-OH is 1. The summed E-state index contributed by atoms with van der Waals surface area (Å²) in [6, 6.07) is 0. The van der Waals surface area contributed by atoms with E-state index in [-0.39, 0.29) is 19.1 Å². The standard InChI is InChI=1S/C26H50O6S/c1-3-5-7-9-16-20-24-31-33(29,30)32-26(28)23-19-15-13-11-10-12-14-18-22-25(27)21-17-8-6-4-2/h14,18,25,27H,3-13,15-17,19-24H2,1-2H3/b18-14-/t25-/m1/s1. The molecule has 1 atom stereocenters. The number of unbranched alkanes of at least 4 members (excludes halogenated alkanes) is 13. The van der Waals surface area contributed by atoms with Crippen LogP contribution >= 0.6 is 0 Å². The molecule has 0 rings (SSSR count). The summed E-state index contributed by atoms with van der Waals surface area (Å²) in [4.78, 5) is 11.7. The molecule has 0 fully saturated rings. The molecule has 0 spiro atoms. The molecule has 0 aromatic carbocycles. The Morgan fingerprint density at radius 1 is 0.788 bits per heavy atom. The van der Waals surface area contributed by atoms with E-state index in [0.29, 0.717) is 12.8 Å². The van der Waals surface area contributed by atoms with Gasteiger partial charge in [-0.15, -0.1) is 0 Å². The van der Waals surface area contributed by atoms with Gasteiger partial charge in [-0.3, -0.25) is 4.79 Å². The Balaban J connectivity index is 3.58. The zero-order chi connectivity index (χ0) is 24.6. The van der Waals surface area contributed by atoms with E-state index in [0.717, 1.165) is 70.6 Å². The molecule has 1 N–H and O–H groups in total. The van der Waals surface area contributed by atoms with E-state index in [9.17, 15) is 18.3 Å². The van der Waals surface area contributed by atoms with Gasteiger partial charge in [0.2, 0.25) is 0 Å². The van der Waals surface area contributed by atoms with Gasteiger partial charge in [-0.25, -0.2) is 4.18 Å². The van der Waals surface area contributed by atoms with Gasteiger partial charge in [0.25, 0.3) is 0 Å². The summed E-state index contributed by atoms with van der Waals surface area (Å²) in [6.45, 7) is 4.40. The zero-order valence-electron chi connectivity index (χ0n) is 21.3. The normalized spacial score (nSPS) is 12.9. The first-order valence-corrected chi connectivity index (χ1v) is 14.7. The quantitative estimate of drug-likeness (QED) is 0.114. The van der Waals surface area contributed by atoms with Crippen molar-refractivity contribution < 1.29 is 26.7 Å². The highest BCUT2D eigenvalue weighted by molar-refractivity contribution is 7.82. The van der Waals surface area contributed by atoms with Crippen LogP contribution < -0.4 is 0 Å². The SMILES string of the molecule is CCCCCCCCOS(=O)(=O)OC(=O)CCCCCCC/C=C\C[C@H](O)CCCCCC. The Morgan fingerprint density at radius 2 is 1.36 bits per heavy atom. The van der Waals surface area contributed by atoms with Gasteiger partial charge >= 0.3 is 16.4 Å². The summed E-state index contributed by atoms with van der Waals surface area (Å²) in [5.41, 5.74) is 0. The van der Waals surface area contributed by atoms with Crippen LogP contribution in [0.3, 0.4) is 0 Å². The molecule has 7 heteroatoms. The lowest BCUT2D eigenvalue weighted by Gasteiger charge is -2.07. The number of allylic oxidation sites excluding steroid dienone is 1. The summed E-state index contributed by atoms with van der Waals surface area (Å²) in [5, 5.41) is 9.92. The van der Waals surface area contributed by atoms with Crippen molar-refractivity contribution >= 4 is 16.4 Å². The summed E-state index contributed by atoms with van der Waals surface area (Å²) in [6.07, 6.45) is 22.3. The molecule has 0 aliphatic rings. The van der Waals surface area contributed by atoms with Crippen molar-refractivity contribution in [2.75, 3.05) is 6.61 Å². The largest absolute Gasteiger partial charge is 0.451 e. The highest BCUT2D eigenvalue weighted by Crippen LogP contribution is 2.12. The van der Waals surface area contributed by atoms with E-state index in [1.165, 1.54) is 32.1 Å². The summed E-state index contributed by atoms with van der Waals surface area (Å²) in [7, 11) is -4.23. The maximum atomic E-state index is 11.7. The Kier molecular flexibility index (Phi) is 22.2. The van der Waals surface area contributed by atoms with Crippen molar-refractivity contribution in [2.24, 2.45) is 0 Å². The average molecular weight is 491 g/mol. The first kappa shape index (κ1) is 32.1. The minimum absolute atomic E-state index is 0.0636. The highest BCUT2D eigenvalue weighted by Gasteiger charge is 2.17. The van der Waals surface area contributed by atoms with E-state index >= 15 is 0 Å². The van der Waals surface area contributed by atoms with Crippen LogP contribution in [-0.4, -0.2) is 32.2 Å². The van der Waals surface area contributed by atoms with Gasteiger partial charge in [0.15, 0.2) is 0 Å². The fourth-order valence-electron chi connectivity index (χ4n) is 3.58. The molecule has 196 valence electrons. The molecule has 0 radical (unpaired) electrons. The van der Waals surface area contributed by atoms with Crippen LogP contribution in [0, 0.1) is 0 Å². The fraction of sp³-hybridized carbons (Fsp3) is 0.885. The number of aliphatic hydroxyl groups is 1. The fourth-order valence-corrected chi connectivity index (χ4v) is 4.26. The molecule has 0 saturated carbocycles. The van der Waals surface area contributed by atoms with Crippen molar-refractivity contribution in [3.8, 4) is 0 Å². The van der Waals surface area contributed by atoms with E-state index in [1.807, 2.05) is 0 Å². The third-order valence-electron chi connectivity index (χ3n) is 5.64. The number of rotatable bonds is 24. The molecule has 0 amide bonds. The number of carbonyl (C=O) groups is 1. The maximum absolute atomic E-state index is 11.7. The summed E-state index contributed by atoms with van der Waals surface area (Å²) in [5.74, 6) is -0.742. The molecular formula is C26H50O6S. The number of hydrogen-bond donors (Lipinski definition) is 1. The van der Waals surface area contributed by atoms with Crippen LogP contribution in [0.4, 0.5) is 0 Å². The van der Waals surface area contributed by atoms with Crippen LogP contribution in [-0.2, 0) is 23.6 Å². The van der Waals surface area contributed by atoms with Crippen LogP contribution in [0.25, 0.3) is 0 Å². The lowest BCUT2D eigenvalue weighted by atomic mass is 10.1. The monoisotopic (exact) mass is 490 g/mol. The third kappa shape index (κ3) is 24.0. The molecule has 6 nitrogen and oxygen atoms in total. The lowest BCUT2D eigenvalue weighted by molar-refractivity contribution is -0.134. The lowest BCUT2D eigenvalue weighted by Crippen LogP contribution is -2.16. The predicted molar refractivity (Wildman–Crippen MR) is 135 cm³/mol. The number of hydrogen-bond acceptors (Lipinski definition) is 6. The van der Waals surface area contributed by atoms with E-state index in [2.05, 4.69) is 30.2 Å². The highest BCUT2D eigenvalue weighted by atomic mass is 32.3. The molecular weight excluding hydrogens is 440 g/mol. The molecule has 0 bridgehead atoms. The van der Waals surface area contributed by atoms with Gasteiger partial charge in [-0.2, -0.15) is 8.42 Å². The smallest absolute Gasteiger partial charge is 0.393 e. The molecule has 0 aliphatic carbocycles. The molecule has 0 aromatic rings. The molecule has 0 aliphatic heterocycles. The second-order valence-corrected chi connectivity index (χ2v) is 10.2. The molecule has 0 aromatic heterocycles. The average Bonchev–Trinajstić information content (AvgIpc) is 2.77. The second-order valence-electron chi connectivity index (χ2n) is 8.97. The van der Waals surface area contributed by atoms with Crippen molar-refractivity contribution in [1.82, 2.24) is 0 Å². The minimum Gasteiger partial charge on any atom is -0.393 e. The van der Waals surface area contributed by atoms with Gasteiger partial charge in [0.1, 0.15) is 0 Å². The molecule has 0 unspecified atom stereocenters. The molecule has 0 saturated heterocycles. The van der Waals surface area contributed by atoms with Crippen molar-refractivity contribution in [3.05, 3.63) is 12.2 Å². The third-order valence-corrected chi connectivity index (χ3v) is 6.48. The Hall–Kier alpha value is -0.920. The van der Waals surface area contributed by atoms with E-state index in [4.69, 9.17) is 4.18 Å². The second kappa shape index (κ2) is 22.9. The first-order valence-electron chi connectivity index (χ1n) is 13.4. The molecule has 0 heterocycles. The van der Waals surface area contributed by atoms with E-state index in [1.54, 1.807) is 0 Å². The van der Waals surface area contributed by atoms with Crippen LogP contribution in [0.1, 0.15) is 136 Å². The van der Waals surface area contributed by atoms with Gasteiger partial charge in [0.05, 0.1) is 12.7 Å². The van der Waals surface area contributed by atoms with Crippen LogP contribution in [0.5, 0.6) is 0 Å². The Morgan fingerprint density at radius 3 is 2.06 bits per heavy atom. The van der Waals surface area contributed by atoms with Gasteiger partial charge in [0, 0.05) is 6.42 Å². The van der Waals surface area contributed by atoms with Gasteiger partial charge < -0.3 is 9.29 Å². The predicted octanol–water partition coefficient (Wildman–Crippen LogP) is 7.16. The maximum Gasteiger partial charge on any atom is 0.451 e. The molecule has 33 heavy (non-hydrogen) atoms. The summed E-state index contributed by atoms with van der Waals surface area (Å²) < 4.78 is 32.6. The van der Waals surface area contributed by atoms with Crippen molar-refractivity contribution in [2.45, 2.75) is 142 Å². The first-order chi connectivity index (χ1) is 15.9. The zero-order valence-corrected chi connectivity index (χ0v) is 22.1. The van der Waals surface area contributed by atoms with Crippen LogP contribution in [0.2, 0.25) is 0 Å². The Labute approximate surface area is 203 Å². The van der Waals surface area contributed by atoms with Crippen LogP contribution in [0.15, 0.2) is 12.2 Å². The van der Waals surface area contributed by atoms with E-state index < -0.39 is 16.4 Å². The Bertz CT molecular complexity index is 573. The minimum atomic E-state index is -4.23. The van der Waals surface area contributed by atoms with Crippen molar-refractivity contribution in [1.29, 1.82) is 0 Å². The van der Waals surface area contributed by atoms with Gasteiger partial charge in [-0.05, 0) is 38.5 Å². The topological polar surface area (TPSA) is 89.9 Å².